The highest BCUT2D eigenvalue weighted by Gasteiger charge is 2.35. The van der Waals surface area contributed by atoms with Crippen molar-refractivity contribution in [3.05, 3.63) is 41.0 Å². The maximum absolute atomic E-state index is 12.2. The predicted octanol–water partition coefficient (Wildman–Crippen LogP) is 2.48. The highest BCUT2D eigenvalue weighted by molar-refractivity contribution is 7.80. The van der Waals surface area contributed by atoms with E-state index in [9.17, 15) is 9.59 Å². The minimum Gasteiger partial charge on any atom is -0.288 e. The van der Waals surface area contributed by atoms with Crippen molar-refractivity contribution in [1.82, 2.24) is 9.80 Å². The van der Waals surface area contributed by atoms with Crippen molar-refractivity contribution in [2.75, 3.05) is 14.1 Å². The molecule has 1 saturated heterocycles. The average molecular weight is 316 g/mol. The van der Waals surface area contributed by atoms with E-state index in [0.29, 0.717) is 5.92 Å². The lowest BCUT2D eigenvalue weighted by Crippen LogP contribution is -2.52. The van der Waals surface area contributed by atoms with Crippen LogP contribution in [0.5, 0.6) is 0 Å². The molecule has 5 heteroatoms. The molecule has 0 saturated carbocycles. The molecule has 2 rings (SSSR count). The zero-order valence-corrected chi connectivity index (χ0v) is 14.1. The highest BCUT2D eigenvalue weighted by Crippen LogP contribution is 2.18. The summed E-state index contributed by atoms with van der Waals surface area (Å²) in [5.74, 6) is -0.132. The number of carbonyl (C=O) groups is 2. The zero-order valence-electron chi connectivity index (χ0n) is 13.3. The topological polar surface area (TPSA) is 40.6 Å². The van der Waals surface area contributed by atoms with Crippen LogP contribution in [0.4, 0.5) is 0 Å². The molecule has 0 aromatic heterocycles. The Morgan fingerprint density at radius 1 is 1.05 bits per heavy atom. The van der Waals surface area contributed by atoms with Crippen molar-refractivity contribution in [3.63, 3.8) is 0 Å². The molecular weight excluding hydrogens is 296 g/mol. The number of carbonyl (C=O) groups excluding carboxylic acids is 2. The summed E-state index contributed by atoms with van der Waals surface area (Å²) < 4.78 is 0. The van der Waals surface area contributed by atoms with E-state index in [2.05, 4.69) is 13.8 Å². The van der Waals surface area contributed by atoms with Gasteiger partial charge in [0, 0.05) is 14.1 Å². The predicted molar refractivity (Wildman–Crippen MR) is 91.1 cm³/mol. The quantitative estimate of drug-likeness (QED) is 0.489. The molecule has 1 aliphatic heterocycles. The molecule has 2 amide bonds. The second-order valence-electron chi connectivity index (χ2n) is 5.91. The van der Waals surface area contributed by atoms with Crippen molar-refractivity contribution in [3.8, 4) is 0 Å². The molecule has 1 aromatic rings. The zero-order chi connectivity index (χ0) is 16.4. The molecule has 0 bridgehead atoms. The van der Waals surface area contributed by atoms with E-state index in [1.54, 1.807) is 20.2 Å². The Bertz CT molecular complexity index is 621. The van der Waals surface area contributed by atoms with Gasteiger partial charge in [-0.25, -0.2) is 0 Å². The monoisotopic (exact) mass is 316 g/mol. The van der Waals surface area contributed by atoms with Gasteiger partial charge in [0.05, 0.1) is 0 Å². The summed E-state index contributed by atoms with van der Waals surface area (Å²) in [5, 5.41) is 0.222. The number of nitrogens with zero attached hydrogens (tertiary/aromatic N) is 2. The van der Waals surface area contributed by atoms with Crippen LogP contribution in [0.3, 0.4) is 0 Å². The van der Waals surface area contributed by atoms with E-state index < -0.39 is 0 Å². The number of likely N-dealkylation sites (N-methyl/N-ethyl adjacent to an activating group) is 2. The summed E-state index contributed by atoms with van der Waals surface area (Å²) >= 11 is 5.06. The maximum atomic E-state index is 12.2. The van der Waals surface area contributed by atoms with Gasteiger partial charge in [-0.3, -0.25) is 19.4 Å². The first-order valence-electron chi connectivity index (χ1n) is 7.22. The maximum Gasteiger partial charge on any atom is 0.265 e. The van der Waals surface area contributed by atoms with E-state index in [1.807, 2.05) is 24.3 Å². The number of thiocarbonyl (C=S) groups is 1. The van der Waals surface area contributed by atoms with Crippen LogP contribution in [0.15, 0.2) is 29.8 Å². The van der Waals surface area contributed by atoms with E-state index in [-0.39, 0.29) is 22.5 Å². The van der Waals surface area contributed by atoms with Crippen LogP contribution in [0.2, 0.25) is 0 Å². The molecule has 4 nitrogen and oxygen atoms in total. The molecule has 22 heavy (non-hydrogen) atoms. The van der Waals surface area contributed by atoms with Crippen LogP contribution in [-0.4, -0.2) is 40.8 Å². The molecule has 1 aliphatic rings. The Morgan fingerprint density at radius 3 is 2.00 bits per heavy atom. The standard InChI is InChI=1S/C17H20N2O2S/c1-11(2)9-12-5-7-13(8-6-12)10-14-15(20)18(3)17(22)19(4)16(14)21/h5-8,10-11H,9H2,1-4H3. The molecule has 0 spiro atoms. The summed E-state index contributed by atoms with van der Waals surface area (Å²) in [7, 11) is 3.15. The second kappa shape index (κ2) is 6.40. The van der Waals surface area contributed by atoms with E-state index in [0.717, 1.165) is 12.0 Å². The smallest absolute Gasteiger partial charge is 0.265 e. The van der Waals surface area contributed by atoms with E-state index >= 15 is 0 Å². The van der Waals surface area contributed by atoms with Crippen LogP contribution in [-0.2, 0) is 16.0 Å². The number of amides is 2. The summed E-state index contributed by atoms with van der Waals surface area (Å²) in [4.78, 5) is 27.1. The molecule has 0 unspecified atom stereocenters. The molecule has 1 aromatic carbocycles. The highest BCUT2D eigenvalue weighted by atomic mass is 32.1. The fourth-order valence-corrected chi connectivity index (χ4v) is 2.53. The van der Waals surface area contributed by atoms with Gasteiger partial charge < -0.3 is 0 Å². The minimum absolute atomic E-state index is 0.134. The Morgan fingerprint density at radius 2 is 1.55 bits per heavy atom. The fourth-order valence-electron chi connectivity index (χ4n) is 2.36. The number of hydrogen-bond acceptors (Lipinski definition) is 3. The van der Waals surface area contributed by atoms with Crippen molar-refractivity contribution in [1.29, 1.82) is 0 Å². The van der Waals surface area contributed by atoms with Gasteiger partial charge in [0.1, 0.15) is 5.57 Å². The Balaban J connectivity index is 2.29. The third-order valence-electron chi connectivity index (χ3n) is 3.58. The lowest BCUT2D eigenvalue weighted by molar-refractivity contribution is -0.132. The summed E-state index contributed by atoms with van der Waals surface area (Å²) in [6.07, 6.45) is 2.63. The molecule has 1 fully saturated rings. The van der Waals surface area contributed by atoms with Crippen molar-refractivity contribution in [2.24, 2.45) is 5.92 Å². The summed E-state index contributed by atoms with van der Waals surface area (Å²) in [6, 6.07) is 7.92. The van der Waals surface area contributed by atoms with Crippen molar-refractivity contribution in [2.45, 2.75) is 20.3 Å². The summed E-state index contributed by atoms with van der Waals surface area (Å²) in [6.45, 7) is 4.34. The van der Waals surface area contributed by atoms with E-state index in [4.69, 9.17) is 12.2 Å². The molecule has 0 aliphatic carbocycles. The second-order valence-corrected chi connectivity index (χ2v) is 6.27. The lowest BCUT2D eigenvalue weighted by Gasteiger charge is -2.31. The molecular formula is C17H20N2O2S. The fraction of sp³-hybridized carbons (Fsp3) is 0.353. The molecule has 1 heterocycles. The van der Waals surface area contributed by atoms with Crippen molar-refractivity contribution >= 4 is 35.2 Å². The van der Waals surface area contributed by atoms with Crippen LogP contribution < -0.4 is 0 Å². The van der Waals surface area contributed by atoms with E-state index in [1.165, 1.54) is 15.4 Å². The van der Waals surface area contributed by atoms with Crippen LogP contribution in [0.1, 0.15) is 25.0 Å². The van der Waals surface area contributed by atoms with Gasteiger partial charge in [-0.1, -0.05) is 38.1 Å². The third kappa shape index (κ3) is 3.25. The van der Waals surface area contributed by atoms with Gasteiger partial charge in [-0.2, -0.15) is 0 Å². The Kier molecular flexibility index (Phi) is 4.76. The van der Waals surface area contributed by atoms with Gasteiger partial charge in [0.25, 0.3) is 11.8 Å². The number of rotatable bonds is 3. The lowest BCUT2D eigenvalue weighted by atomic mass is 10.0. The Hall–Kier alpha value is -2.01. The minimum atomic E-state index is -0.362. The first-order valence-corrected chi connectivity index (χ1v) is 7.62. The van der Waals surface area contributed by atoms with Gasteiger partial charge in [0.15, 0.2) is 5.11 Å². The number of hydrogen-bond donors (Lipinski definition) is 0. The Labute approximate surface area is 136 Å². The third-order valence-corrected chi connectivity index (χ3v) is 4.13. The molecule has 0 N–H and O–H groups in total. The first-order chi connectivity index (χ1) is 10.3. The average Bonchev–Trinajstić information content (AvgIpc) is 2.49. The first kappa shape index (κ1) is 16.4. The summed E-state index contributed by atoms with van der Waals surface area (Å²) in [5.41, 5.74) is 2.21. The number of benzene rings is 1. The molecule has 0 atom stereocenters. The van der Waals surface area contributed by atoms with Gasteiger partial charge >= 0.3 is 0 Å². The van der Waals surface area contributed by atoms with Gasteiger partial charge in [-0.15, -0.1) is 0 Å². The van der Waals surface area contributed by atoms with Crippen molar-refractivity contribution < 1.29 is 9.59 Å². The van der Waals surface area contributed by atoms with Crippen LogP contribution in [0, 0.1) is 5.92 Å². The largest absolute Gasteiger partial charge is 0.288 e. The van der Waals surface area contributed by atoms with Crippen LogP contribution in [0.25, 0.3) is 6.08 Å². The van der Waals surface area contributed by atoms with Crippen LogP contribution >= 0.6 is 12.2 Å². The molecule has 0 radical (unpaired) electrons. The normalized spacial score (nSPS) is 15.9. The molecule has 116 valence electrons. The SMILES string of the molecule is CC(C)Cc1ccc(C=C2C(=O)N(C)C(=S)N(C)C2=O)cc1. The van der Waals surface area contributed by atoms with Gasteiger partial charge in [-0.05, 0) is 41.8 Å². The van der Waals surface area contributed by atoms with Gasteiger partial charge in [0.2, 0.25) is 0 Å².